The van der Waals surface area contributed by atoms with Gasteiger partial charge in [-0.1, -0.05) is 12.6 Å². The zero-order chi connectivity index (χ0) is 22.1. The Morgan fingerprint density at radius 1 is 1.12 bits per heavy atom. The fourth-order valence-electron chi connectivity index (χ4n) is 3.38. The predicted octanol–water partition coefficient (Wildman–Crippen LogP) is 4.31. The van der Waals surface area contributed by atoms with E-state index in [2.05, 4.69) is 32.2 Å². The van der Waals surface area contributed by atoms with Crippen molar-refractivity contribution in [1.29, 1.82) is 0 Å². The predicted molar refractivity (Wildman–Crippen MR) is 125 cm³/mol. The van der Waals surface area contributed by atoms with Gasteiger partial charge in [0.1, 0.15) is 17.3 Å². The molecule has 8 nitrogen and oxygen atoms in total. The molecule has 1 aliphatic rings. The number of fused-ring (bicyclic) bond motifs is 1. The van der Waals surface area contributed by atoms with Gasteiger partial charge < -0.3 is 15.4 Å². The van der Waals surface area contributed by atoms with E-state index in [1.807, 2.05) is 30.3 Å². The highest BCUT2D eigenvalue weighted by Crippen LogP contribution is 2.28. The minimum atomic E-state index is -0.128. The summed E-state index contributed by atoms with van der Waals surface area (Å²) in [5.74, 6) is 2.57. The first kappa shape index (κ1) is 19.7. The summed E-state index contributed by atoms with van der Waals surface area (Å²) in [5.41, 5.74) is 1.69. The van der Waals surface area contributed by atoms with Gasteiger partial charge in [-0.25, -0.2) is 15.0 Å². The number of rotatable bonds is 7. The lowest BCUT2D eigenvalue weighted by Crippen LogP contribution is -2.24. The Kier molecular flexibility index (Phi) is 5.03. The minimum Gasteiger partial charge on any atom is -0.457 e. The van der Waals surface area contributed by atoms with Gasteiger partial charge in [0.15, 0.2) is 0 Å². The Morgan fingerprint density at radius 3 is 2.78 bits per heavy atom. The zero-order valence-corrected chi connectivity index (χ0v) is 17.6. The summed E-state index contributed by atoms with van der Waals surface area (Å²) in [7, 11) is 1.73. The number of hydrogen-bond acceptors (Lipinski definition) is 7. The van der Waals surface area contributed by atoms with E-state index in [0.717, 1.165) is 23.7 Å². The Labute approximate surface area is 184 Å². The molecule has 0 bridgehead atoms. The molecule has 1 fully saturated rings. The summed E-state index contributed by atoms with van der Waals surface area (Å²) in [4.78, 5) is 26.2. The summed E-state index contributed by atoms with van der Waals surface area (Å²) < 4.78 is 7.50. The summed E-state index contributed by atoms with van der Waals surface area (Å²) in [6, 6.07) is 13.4. The Hall–Kier alpha value is -4.20. The number of benzene rings is 1. The Morgan fingerprint density at radius 2 is 1.97 bits per heavy atom. The second-order valence-corrected chi connectivity index (χ2v) is 7.66. The molecule has 0 radical (unpaired) electrons. The van der Waals surface area contributed by atoms with Crippen LogP contribution >= 0.6 is 0 Å². The van der Waals surface area contributed by atoms with Crippen LogP contribution in [0.2, 0.25) is 0 Å². The van der Waals surface area contributed by atoms with Gasteiger partial charge in [0.05, 0.1) is 16.8 Å². The highest BCUT2D eigenvalue weighted by molar-refractivity contribution is 5.83. The fourth-order valence-corrected chi connectivity index (χ4v) is 3.38. The molecule has 3 heterocycles. The fraction of sp³-hybridized carbons (Fsp3) is 0.167. The number of pyridine rings is 2. The van der Waals surface area contributed by atoms with Gasteiger partial charge in [0.2, 0.25) is 5.95 Å². The molecule has 1 saturated carbocycles. The lowest BCUT2D eigenvalue weighted by molar-refractivity contribution is 0.483. The molecular weight excluding hydrogens is 404 g/mol. The van der Waals surface area contributed by atoms with Crippen LogP contribution in [0.3, 0.4) is 0 Å². The number of hydrogen-bond donors (Lipinski definition) is 2. The van der Waals surface area contributed by atoms with Crippen LogP contribution < -0.4 is 20.9 Å². The molecule has 0 saturated heterocycles. The van der Waals surface area contributed by atoms with Crippen LogP contribution in [0, 0.1) is 0 Å². The Bertz CT molecular complexity index is 1380. The molecule has 2 N–H and O–H groups in total. The van der Waals surface area contributed by atoms with Crippen LogP contribution in [0.5, 0.6) is 11.5 Å². The van der Waals surface area contributed by atoms with Gasteiger partial charge in [-0.3, -0.25) is 9.36 Å². The van der Waals surface area contributed by atoms with E-state index in [4.69, 9.17) is 4.74 Å². The van der Waals surface area contributed by atoms with Crippen molar-refractivity contribution in [2.24, 2.45) is 7.05 Å². The van der Waals surface area contributed by atoms with E-state index in [1.165, 1.54) is 0 Å². The summed E-state index contributed by atoms with van der Waals surface area (Å²) in [6.45, 7) is 3.63. The van der Waals surface area contributed by atoms with E-state index in [1.54, 1.807) is 42.3 Å². The van der Waals surface area contributed by atoms with Crippen LogP contribution in [0.1, 0.15) is 12.8 Å². The van der Waals surface area contributed by atoms with Crippen molar-refractivity contribution in [2.45, 2.75) is 18.9 Å². The number of ether oxygens (including phenoxy) is 1. The van der Waals surface area contributed by atoms with Crippen molar-refractivity contribution in [2.75, 3.05) is 10.6 Å². The monoisotopic (exact) mass is 426 g/mol. The summed E-state index contributed by atoms with van der Waals surface area (Å²) >= 11 is 0. The quantitative estimate of drug-likeness (QED) is 0.455. The van der Waals surface area contributed by atoms with Crippen molar-refractivity contribution in [1.82, 2.24) is 19.5 Å². The highest BCUT2D eigenvalue weighted by Gasteiger charge is 2.23. The third-order valence-electron chi connectivity index (χ3n) is 5.23. The van der Waals surface area contributed by atoms with Gasteiger partial charge in [-0.15, -0.1) is 0 Å². The summed E-state index contributed by atoms with van der Waals surface area (Å²) in [5, 5.41) is 7.11. The van der Waals surface area contributed by atoms with Crippen LogP contribution in [0.15, 0.2) is 72.4 Å². The van der Waals surface area contributed by atoms with Crippen molar-refractivity contribution in [3.63, 3.8) is 0 Å². The lowest BCUT2D eigenvalue weighted by atomic mass is 10.1. The first-order valence-corrected chi connectivity index (χ1v) is 10.4. The molecule has 0 aliphatic heterocycles. The van der Waals surface area contributed by atoms with Crippen LogP contribution in [0.25, 0.3) is 22.2 Å². The van der Waals surface area contributed by atoms with Gasteiger partial charge in [0.25, 0.3) is 5.56 Å². The third-order valence-corrected chi connectivity index (χ3v) is 5.23. The zero-order valence-electron chi connectivity index (χ0n) is 17.6. The van der Waals surface area contributed by atoms with Gasteiger partial charge in [-0.05, 0) is 49.4 Å². The minimum absolute atomic E-state index is 0.128. The van der Waals surface area contributed by atoms with Crippen LogP contribution in [0.4, 0.5) is 11.8 Å². The number of aromatic nitrogens is 4. The average molecular weight is 426 g/mol. The molecule has 160 valence electrons. The molecule has 5 rings (SSSR count). The second kappa shape index (κ2) is 8.14. The van der Waals surface area contributed by atoms with E-state index < -0.39 is 0 Å². The maximum Gasteiger partial charge on any atom is 0.264 e. The second-order valence-electron chi connectivity index (χ2n) is 7.66. The topological polar surface area (TPSA) is 94.0 Å². The van der Waals surface area contributed by atoms with Crippen LogP contribution in [-0.4, -0.2) is 25.6 Å². The molecule has 32 heavy (non-hydrogen) atoms. The van der Waals surface area contributed by atoms with Crippen LogP contribution in [-0.2, 0) is 7.05 Å². The number of nitrogens with zero attached hydrogens (tertiary/aromatic N) is 4. The summed E-state index contributed by atoms with van der Waals surface area (Å²) in [6.07, 6.45) is 7.05. The van der Waals surface area contributed by atoms with E-state index >= 15 is 0 Å². The molecule has 3 aromatic heterocycles. The molecule has 4 aromatic rings. The Balaban J connectivity index is 1.42. The van der Waals surface area contributed by atoms with Crippen molar-refractivity contribution >= 4 is 22.7 Å². The van der Waals surface area contributed by atoms with E-state index in [9.17, 15) is 4.79 Å². The average Bonchev–Trinajstić information content (AvgIpc) is 3.61. The molecule has 0 unspecified atom stereocenters. The van der Waals surface area contributed by atoms with Crippen molar-refractivity contribution in [3.05, 3.63) is 78.0 Å². The van der Waals surface area contributed by atoms with E-state index in [-0.39, 0.29) is 5.56 Å². The molecule has 1 aliphatic carbocycles. The maximum atomic E-state index is 12.9. The van der Waals surface area contributed by atoms with Crippen molar-refractivity contribution in [3.8, 4) is 22.8 Å². The maximum absolute atomic E-state index is 12.9. The molecule has 1 aromatic carbocycles. The molecule has 0 amide bonds. The van der Waals surface area contributed by atoms with E-state index in [0.29, 0.717) is 40.6 Å². The number of anilines is 2. The van der Waals surface area contributed by atoms with Gasteiger partial charge in [-0.2, -0.15) is 0 Å². The first-order valence-electron chi connectivity index (χ1n) is 10.4. The third kappa shape index (κ3) is 4.02. The molecule has 8 heteroatoms. The van der Waals surface area contributed by atoms with Crippen molar-refractivity contribution < 1.29 is 4.74 Å². The number of nitrogens with one attached hydrogen (secondary N) is 2. The smallest absolute Gasteiger partial charge is 0.264 e. The highest BCUT2D eigenvalue weighted by atomic mass is 16.5. The lowest BCUT2D eigenvalue weighted by Gasteiger charge is -2.11. The standard InChI is InChI=1S/C24H22N6O2/c1-3-25-22-13-18(10-11-26-22)32-17-7-9-20-15(12-17)4-8-21(29-20)19-14-27-24(28-16-5-6-16)30(2)23(19)31/h3-4,7-14,16H,1,5-6H2,2H3,(H,25,26)(H,27,28). The molecule has 0 atom stereocenters. The van der Waals surface area contributed by atoms with Gasteiger partial charge >= 0.3 is 0 Å². The first-order chi connectivity index (χ1) is 15.6. The largest absolute Gasteiger partial charge is 0.457 e. The molecular formula is C24H22N6O2. The normalized spacial score (nSPS) is 13.0. The SMILES string of the molecule is C=CNc1cc(Oc2ccc3nc(-c4cnc(NC5CC5)n(C)c4=O)ccc3c2)ccn1. The van der Waals surface area contributed by atoms with Gasteiger partial charge in [0, 0.05) is 36.9 Å². The molecule has 0 spiro atoms.